The van der Waals surface area contributed by atoms with Gasteiger partial charge in [0, 0.05) is 21.7 Å². The Kier molecular flexibility index (Phi) is 5.92. The van der Waals surface area contributed by atoms with Gasteiger partial charge in [-0.25, -0.2) is 0 Å². The van der Waals surface area contributed by atoms with Gasteiger partial charge in [-0.05, 0) is 54.8 Å². The fourth-order valence-corrected chi connectivity index (χ4v) is 3.99. The topological polar surface area (TPSA) is 79.5 Å². The van der Waals surface area contributed by atoms with E-state index in [0.29, 0.717) is 39.2 Å². The largest absolute Gasteiger partial charge is 0.506 e. The van der Waals surface area contributed by atoms with Crippen LogP contribution in [0.15, 0.2) is 36.4 Å². The van der Waals surface area contributed by atoms with E-state index in [1.54, 1.807) is 31.2 Å². The highest BCUT2D eigenvalue weighted by Crippen LogP contribution is 2.40. The predicted octanol–water partition coefficient (Wildman–Crippen LogP) is 5.86. The summed E-state index contributed by atoms with van der Waals surface area (Å²) in [6.45, 7) is 5.49. The summed E-state index contributed by atoms with van der Waals surface area (Å²) in [6.07, 6.45) is 0.647. The second-order valence-corrected chi connectivity index (χ2v) is 8.01. The van der Waals surface area contributed by atoms with Crippen molar-refractivity contribution in [3.8, 4) is 5.75 Å². The third-order valence-electron chi connectivity index (χ3n) is 5.41. The lowest BCUT2D eigenvalue weighted by molar-refractivity contribution is -0.140. The van der Waals surface area contributed by atoms with E-state index < -0.39 is 11.9 Å². The van der Waals surface area contributed by atoms with Crippen molar-refractivity contribution >= 4 is 46.0 Å². The number of halogens is 2. The Hall–Kier alpha value is -2.50. The van der Waals surface area contributed by atoms with E-state index in [4.69, 9.17) is 23.2 Å². The zero-order valence-corrected chi connectivity index (χ0v) is 17.8. The van der Waals surface area contributed by atoms with Gasteiger partial charge in [-0.2, -0.15) is 0 Å². The first-order chi connectivity index (χ1) is 13.7. The van der Waals surface area contributed by atoms with E-state index in [-0.39, 0.29) is 22.6 Å². The number of phenols is 1. The lowest BCUT2D eigenvalue weighted by atomic mass is 9.84. The molecule has 1 heterocycles. The number of rotatable bonds is 5. The van der Waals surface area contributed by atoms with Crippen molar-refractivity contribution in [3.63, 3.8) is 0 Å². The number of carbonyl (C=O) groups is 2. The fraction of sp³-hybridized carbons (Fsp3) is 0.273. The van der Waals surface area contributed by atoms with Crippen LogP contribution in [-0.2, 0) is 4.79 Å². The molecule has 0 bridgehead atoms. The van der Waals surface area contributed by atoms with Gasteiger partial charge < -0.3 is 10.2 Å². The Balaban J connectivity index is 2.35. The molecular formula is C22H21Cl2NO4. The molecule has 0 aliphatic carbocycles. The molecule has 5 nitrogen and oxygen atoms in total. The molecule has 29 heavy (non-hydrogen) atoms. The molecule has 1 aromatic heterocycles. The Bertz CT molecular complexity index is 1100. The Morgan fingerprint density at radius 3 is 2.31 bits per heavy atom. The summed E-state index contributed by atoms with van der Waals surface area (Å²) in [4.78, 5) is 25.4. The Labute approximate surface area is 178 Å². The zero-order chi connectivity index (χ0) is 21.5. The average Bonchev–Trinajstić information content (AvgIpc) is 2.93. The minimum atomic E-state index is -0.977. The second kappa shape index (κ2) is 8.09. The van der Waals surface area contributed by atoms with Crippen LogP contribution in [0.1, 0.15) is 47.8 Å². The highest BCUT2D eigenvalue weighted by Gasteiger charge is 2.33. The van der Waals surface area contributed by atoms with Gasteiger partial charge in [0.2, 0.25) is 0 Å². The lowest BCUT2D eigenvalue weighted by Gasteiger charge is -2.20. The molecule has 0 aliphatic heterocycles. The van der Waals surface area contributed by atoms with Gasteiger partial charge in [-0.15, -0.1) is 0 Å². The van der Waals surface area contributed by atoms with Crippen LogP contribution in [0.2, 0.25) is 10.0 Å². The summed E-state index contributed by atoms with van der Waals surface area (Å²) >= 11 is 12.0. The van der Waals surface area contributed by atoms with Crippen molar-refractivity contribution in [1.82, 2.24) is 4.57 Å². The zero-order valence-electron chi connectivity index (χ0n) is 16.2. The van der Waals surface area contributed by atoms with Crippen molar-refractivity contribution in [3.05, 3.63) is 63.3 Å². The maximum Gasteiger partial charge on any atom is 0.311 e. The minimum Gasteiger partial charge on any atom is -0.506 e. The molecule has 0 spiro atoms. The van der Waals surface area contributed by atoms with Crippen LogP contribution < -0.4 is 0 Å². The third kappa shape index (κ3) is 3.72. The highest BCUT2D eigenvalue weighted by molar-refractivity contribution is 6.33. The standard InChI is InChI=1S/C22H21Cl2NO4/c1-4-11(2)19(22(28)29)20-12(3)25(17-10-16(24)18(26)9-15(17)20)21(27)13-5-7-14(23)8-6-13/h5-11,19,26H,4H2,1-3H3,(H,28,29). The van der Waals surface area contributed by atoms with Crippen LogP contribution in [0.3, 0.4) is 0 Å². The first-order valence-electron chi connectivity index (χ1n) is 9.23. The molecule has 0 radical (unpaired) electrons. The Morgan fingerprint density at radius 2 is 1.76 bits per heavy atom. The number of carboxylic acid groups (broad SMARTS) is 1. The third-order valence-corrected chi connectivity index (χ3v) is 5.96. The number of phenolic OH excluding ortho intramolecular Hbond substituents is 1. The number of hydrogen-bond donors (Lipinski definition) is 2. The number of carboxylic acids is 1. The molecule has 0 saturated carbocycles. The number of carbonyl (C=O) groups excluding carboxylic acids is 1. The van der Waals surface area contributed by atoms with E-state index in [2.05, 4.69) is 0 Å². The molecule has 7 heteroatoms. The smallest absolute Gasteiger partial charge is 0.311 e. The van der Waals surface area contributed by atoms with Crippen molar-refractivity contribution in [2.75, 3.05) is 0 Å². The van der Waals surface area contributed by atoms with Crippen molar-refractivity contribution in [2.45, 2.75) is 33.1 Å². The molecule has 152 valence electrons. The van der Waals surface area contributed by atoms with Gasteiger partial charge >= 0.3 is 5.97 Å². The summed E-state index contributed by atoms with van der Waals surface area (Å²) in [7, 11) is 0. The second-order valence-electron chi connectivity index (χ2n) is 7.17. The normalized spacial score (nSPS) is 13.4. The Morgan fingerprint density at radius 1 is 1.14 bits per heavy atom. The first kappa shape index (κ1) is 21.2. The van der Waals surface area contributed by atoms with Crippen LogP contribution in [0, 0.1) is 12.8 Å². The molecule has 2 N–H and O–H groups in total. The summed E-state index contributed by atoms with van der Waals surface area (Å²) in [5, 5.41) is 21.2. The average molecular weight is 434 g/mol. The number of hydrogen-bond acceptors (Lipinski definition) is 3. The van der Waals surface area contributed by atoms with Gasteiger partial charge in [0.25, 0.3) is 5.91 Å². The summed E-state index contributed by atoms with van der Waals surface area (Å²) in [5.74, 6) is -2.47. The van der Waals surface area contributed by atoms with E-state index >= 15 is 0 Å². The van der Waals surface area contributed by atoms with Crippen molar-refractivity contribution in [2.24, 2.45) is 5.92 Å². The molecule has 2 atom stereocenters. The number of aromatic hydroxyl groups is 1. The van der Waals surface area contributed by atoms with Gasteiger partial charge in [0.15, 0.2) is 0 Å². The van der Waals surface area contributed by atoms with Crippen molar-refractivity contribution < 1.29 is 19.8 Å². The molecular weight excluding hydrogens is 413 g/mol. The summed E-state index contributed by atoms with van der Waals surface area (Å²) < 4.78 is 1.46. The molecule has 0 saturated heterocycles. The van der Waals surface area contributed by atoms with Crippen LogP contribution in [0.25, 0.3) is 10.9 Å². The van der Waals surface area contributed by atoms with Crippen LogP contribution >= 0.6 is 23.2 Å². The van der Waals surface area contributed by atoms with Gasteiger partial charge in [0.1, 0.15) is 5.75 Å². The monoisotopic (exact) mass is 433 g/mol. The first-order valence-corrected chi connectivity index (χ1v) is 9.99. The van der Waals surface area contributed by atoms with Crippen LogP contribution in [-0.4, -0.2) is 26.7 Å². The molecule has 0 amide bonds. The van der Waals surface area contributed by atoms with Gasteiger partial charge in [0.05, 0.1) is 16.5 Å². The lowest BCUT2D eigenvalue weighted by Crippen LogP contribution is -2.21. The van der Waals surface area contributed by atoms with Gasteiger partial charge in [-0.3, -0.25) is 14.2 Å². The number of nitrogens with zero attached hydrogens (tertiary/aromatic N) is 1. The number of fused-ring (bicyclic) bond motifs is 1. The molecule has 2 aromatic carbocycles. The van der Waals surface area contributed by atoms with E-state index in [9.17, 15) is 19.8 Å². The minimum absolute atomic E-state index is 0.0853. The number of aliphatic carboxylic acids is 1. The molecule has 0 fully saturated rings. The van der Waals surface area contributed by atoms with Crippen LogP contribution in [0.5, 0.6) is 5.75 Å². The number of aromatic nitrogens is 1. The molecule has 3 aromatic rings. The van der Waals surface area contributed by atoms with Crippen molar-refractivity contribution in [1.29, 1.82) is 0 Å². The SMILES string of the molecule is CCC(C)C(C(=O)O)c1c(C)n(C(=O)c2ccc(Cl)cc2)c2cc(Cl)c(O)cc12. The maximum absolute atomic E-state index is 13.3. The van der Waals surface area contributed by atoms with E-state index in [0.717, 1.165) is 0 Å². The highest BCUT2D eigenvalue weighted by atomic mass is 35.5. The van der Waals surface area contributed by atoms with E-state index in [1.165, 1.54) is 16.7 Å². The quantitative estimate of drug-likeness (QED) is 0.527. The fourth-order valence-electron chi connectivity index (χ4n) is 3.71. The predicted molar refractivity (Wildman–Crippen MR) is 114 cm³/mol. The molecule has 2 unspecified atom stereocenters. The molecule has 3 rings (SSSR count). The summed E-state index contributed by atoms with van der Waals surface area (Å²) in [5.41, 5.74) is 1.88. The van der Waals surface area contributed by atoms with Crippen LogP contribution in [0.4, 0.5) is 0 Å². The van der Waals surface area contributed by atoms with Gasteiger partial charge in [-0.1, -0.05) is 43.5 Å². The maximum atomic E-state index is 13.3. The number of benzene rings is 2. The molecule has 0 aliphatic rings. The summed E-state index contributed by atoms with van der Waals surface area (Å²) in [6, 6.07) is 9.39. The van der Waals surface area contributed by atoms with E-state index in [1.807, 2.05) is 13.8 Å².